The maximum absolute atomic E-state index is 11.6. The highest BCUT2D eigenvalue weighted by Gasteiger charge is 2.15. The molecule has 0 aromatic rings. The zero-order valence-corrected chi connectivity index (χ0v) is 12.1. The molecule has 0 aromatic heterocycles. The molecule has 20 heavy (non-hydrogen) atoms. The lowest BCUT2D eigenvalue weighted by Gasteiger charge is -2.23. The van der Waals surface area contributed by atoms with Crippen LogP contribution in [0.2, 0.25) is 0 Å². The number of ether oxygens (including phenoxy) is 2. The van der Waals surface area contributed by atoms with E-state index in [2.05, 4.69) is 16.0 Å². The number of rotatable bonds is 9. The van der Waals surface area contributed by atoms with Gasteiger partial charge in [-0.1, -0.05) is 0 Å². The summed E-state index contributed by atoms with van der Waals surface area (Å²) in [5, 5.41) is 8.63. The van der Waals surface area contributed by atoms with Crippen molar-refractivity contribution in [2.45, 2.75) is 25.3 Å². The Morgan fingerprint density at radius 1 is 1.20 bits per heavy atom. The van der Waals surface area contributed by atoms with Gasteiger partial charge in [-0.2, -0.15) is 0 Å². The highest BCUT2D eigenvalue weighted by molar-refractivity contribution is 5.78. The van der Waals surface area contributed by atoms with Crippen LogP contribution in [0.25, 0.3) is 0 Å². The van der Waals surface area contributed by atoms with Crippen LogP contribution in [0.1, 0.15) is 19.3 Å². The van der Waals surface area contributed by atoms with Gasteiger partial charge in [-0.3, -0.25) is 9.59 Å². The van der Waals surface area contributed by atoms with Crippen molar-refractivity contribution >= 4 is 11.8 Å². The molecule has 7 nitrogen and oxygen atoms in total. The molecule has 0 bridgehead atoms. The summed E-state index contributed by atoms with van der Waals surface area (Å²) in [6, 6.07) is 0.218. The van der Waals surface area contributed by atoms with E-state index in [4.69, 9.17) is 9.47 Å². The minimum atomic E-state index is -0.0422. The molecule has 116 valence electrons. The van der Waals surface area contributed by atoms with Crippen molar-refractivity contribution < 1.29 is 19.1 Å². The van der Waals surface area contributed by atoms with E-state index in [0.29, 0.717) is 39.3 Å². The SMILES string of the molecule is COCCNC(=O)CCNCC(=O)NC1CCOCC1. The van der Waals surface area contributed by atoms with Gasteiger partial charge < -0.3 is 25.4 Å². The van der Waals surface area contributed by atoms with Crippen molar-refractivity contribution in [3.63, 3.8) is 0 Å². The van der Waals surface area contributed by atoms with Crippen LogP contribution in [0.5, 0.6) is 0 Å². The zero-order valence-electron chi connectivity index (χ0n) is 12.1. The second-order valence-corrected chi connectivity index (χ2v) is 4.72. The monoisotopic (exact) mass is 287 g/mol. The van der Waals surface area contributed by atoms with Gasteiger partial charge in [0.2, 0.25) is 11.8 Å². The van der Waals surface area contributed by atoms with Crippen LogP contribution in [-0.4, -0.2) is 64.4 Å². The maximum Gasteiger partial charge on any atom is 0.234 e. The summed E-state index contributed by atoms with van der Waals surface area (Å²) in [6.45, 7) is 3.16. The highest BCUT2D eigenvalue weighted by atomic mass is 16.5. The van der Waals surface area contributed by atoms with Crippen molar-refractivity contribution in [3.8, 4) is 0 Å². The number of carbonyl (C=O) groups is 2. The van der Waals surface area contributed by atoms with E-state index >= 15 is 0 Å². The first-order valence-corrected chi connectivity index (χ1v) is 7.06. The molecule has 0 spiro atoms. The molecule has 7 heteroatoms. The lowest BCUT2D eigenvalue weighted by molar-refractivity contribution is -0.123. The number of methoxy groups -OCH3 is 1. The molecule has 0 radical (unpaired) electrons. The molecular weight excluding hydrogens is 262 g/mol. The van der Waals surface area contributed by atoms with E-state index in [0.717, 1.165) is 12.8 Å². The Labute approximate surface area is 119 Å². The third-order valence-corrected chi connectivity index (χ3v) is 3.03. The second kappa shape index (κ2) is 10.6. The average molecular weight is 287 g/mol. The predicted octanol–water partition coefficient (Wildman–Crippen LogP) is -0.976. The number of nitrogens with one attached hydrogen (secondary N) is 3. The fourth-order valence-corrected chi connectivity index (χ4v) is 1.91. The van der Waals surface area contributed by atoms with Crippen molar-refractivity contribution in [1.82, 2.24) is 16.0 Å². The van der Waals surface area contributed by atoms with Crippen LogP contribution in [0, 0.1) is 0 Å². The minimum Gasteiger partial charge on any atom is -0.383 e. The van der Waals surface area contributed by atoms with Crippen LogP contribution in [0.4, 0.5) is 0 Å². The van der Waals surface area contributed by atoms with E-state index in [9.17, 15) is 9.59 Å². The Kier molecular flexibility index (Phi) is 8.93. The zero-order chi connectivity index (χ0) is 14.6. The third kappa shape index (κ3) is 8.08. The van der Waals surface area contributed by atoms with Crippen LogP contribution >= 0.6 is 0 Å². The first-order chi connectivity index (χ1) is 9.72. The number of carbonyl (C=O) groups excluding carboxylic acids is 2. The molecule has 0 unspecified atom stereocenters. The van der Waals surface area contributed by atoms with Crippen LogP contribution < -0.4 is 16.0 Å². The molecule has 1 fully saturated rings. The molecule has 2 amide bonds. The number of hydrogen-bond acceptors (Lipinski definition) is 5. The molecule has 0 saturated carbocycles. The molecule has 1 aliphatic heterocycles. The van der Waals surface area contributed by atoms with Gasteiger partial charge in [0.25, 0.3) is 0 Å². The van der Waals surface area contributed by atoms with E-state index < -0.39 is 0 Å². The second-order valence-electron chi connectivity index (χ2n) is 4.72. The summed E-state index contributed by atoms with van der Waals surface area (Å²) in [5.41, 5.74) is 0. The maximum atomic E-state index is 11.6. The van der Waals surface area contributed by atoms with Crippen molar-refractivity contribution in [1.29, 1.82) is 0 Å². The first kappa shape index (κ1) is 16.9. The van der Waals surface area contributed by atoms with Gasteiger partial charge in [0, 0.05) is 45.9 Å². The molecule has 3 N–H and O–H groups in total. The quantitative estimate of drug-likeness (QED) is 0.475. The van der Waals surface area contributed by atoms with Gasteiger partial charge in [-0.25, -0.2) is 0 Å². The van der Waals surface area contributed by atoms with Gasteiger partial charge in [0.1, 0.15) is 0 Å². The molecule has 1 heterocycles. The van der Waals surface area contributed by atoms with Gasteiger partial charge in [-0.15, -0.1) is 0 Å². The fraction of sp³-hybridized carbons (Fsp3) is 0.846. The van der Waals surface area contributed by atoms with Gasteiger partial charge in [0.05, 0.1) is 13.2 Å². The lowest BCUT2D eigenvalue weighted by atomic mass is 10.1. The fourth-order valence-electron chi connectivity index (χ4n) is 1.91. The summed E-state index contributed by atoms with van der Waals surface area (Å²) < 4.78 is 10.1. The molecule has 1 aliphatic rings. The molecule has 0 aromatic carbocycles. The molecule has 1 saturated heterocycles. The molecule has 0 atom stereocenters. The van der Waals surface area contributed by atoms with Crippen molar-refractivity contribution in [2.24, 2.45) is 0 Å². The van der Waals surface area contributed by atoms with Crippen LogP contribution in [0.3, 0.4) is 0 Å². The first-order valence-electron chi connectivity index (χ1n) is 7.06. The lowest BCUT2D eigenvalue weighted by Crippen LogP contribution is -2.43. The minimum absolute atomic E-state index is 0.0308. The Bertz CT molecular complexity index is 293. The Morgan fingerprint density at radius 2 is 1.95 bits per heavy atom. The van der Waals surface area contributed by atoms with Crippen LogP contribution in [0.15, 0.2) is 0 Å². The Morgan fingerprint density at radius 3 is 2.65 bits per heavy atom. The molecule has 0 aliphatic carbocycles. The predicted molar refractivity (Wildman–Crippen MR) is 74.4 cm³/mol. The van der Waals surface area contributed by atoms with E-state index in [1.54, 1.807) is 7.11 Å². The largest absolute Gasteiger partial charge is 0.383 e. The molecular formula is C13H25N3O4. The van der Waals surface area contributed by atoms with Gasteiger partial charge in [0.15, 0.2) is 0 Å². The smallest absolute Gasteiger partial charge is 0.234 e. The van der Waals surface area contributed by atoms with E-state index in [1.807, 2.05) is 0 Å². The standard InChI is InChI=1S/C13H25N3O4/c1-19-9-6-15-12(17)2-5-14-10-13(18)16-11-3-7-20-8-4-11/h11,14H,2-10H2,1H3,(H,15,17)(H,16,18). The molecule has 1 rings (SSSR count). The number of hydrogen-bond donors (Lipinski definition) is 3. The Hall–Kier alpha value is -1.18. The summed E-state index contributed by atoms with van der Waals surface area (Å²) >= 11 is 0. The highest BCUT2D eigenvalue weighted by Crippen LogP contribution is 2.05. The summed E-state index contributed by atoms with van der Waals surface area (Å²) in [4.78, 5) is 23.0. The van der Waals surface area contributed by atoms with Gasteiger partial charge >= 0.3 is 0 Å². The van der Waals surface area contributed by atoms with E-state index in [1.165, 1.54) is 0 Å². The summed E-state index contributed by atoms with van der Waals surface area (Å²) in [5.74, 6) is -0.0731. The van der Waals surface area contributed by atoms with Gasteiger partial charge in [-0.05, 0) is 12.8 Å². The van der Waals surface area contributed by atoms with Crippen molar-refractivity contribution in [2.75, 3.05) is 46.6 Å². The van der Waals surface area contributed by atoms with Crippen LogP contribution in [-0.2, 0) is 19.1 Å². The van der Waals surface area contributed by atoms with Crippen molar-refractivity contribution in [3.05, 3.63) is 0 Å². The Balaban J connectivity index is 1.97. The summed E-state index contributed by atoms with van der Waals surface area (Å²) in [7, 11) is 1.59. The van der Waals surface area contributed by atoms with E-state index in [-0.39, 0.29) is 24.4 Å². The average Bonchev–Trinajstić information content (AvgIpc) is 2.45. The summed E-state index contributed by atoms with van der Waals surface area (Å²) in [6.07, 6.45) is 2.09. The third-order valence-electron chi connectivity index (χ3n) is 3.03. The topological polar surface area (TPSA) is 88.7 Å². The number of amides is 2. The normalized spacial score (nSPS) is 15.8.